The SMILES string of the molecule is Cc1cc(C(=O)Cc2ncnn2C)nc2ccccc12. The van der Waals surface area contributed by atoms with E-state index in [2.05, 4.69) is 15.1 Å². The Morgan fingerprint density at radius 1 is 1.30 bits per heavy atom. The molecule has 0 amide bonds. The average molecular weight is 266 g/mol. The van der Waals surface area contributed by atoms with Gasteiger partial charge in [0.2, 0.25) is 0 Å². The van der Waals surface area contributed by atoms with Gasteiger partial charge in [-0.1, -0.05) is 18.2 Å². The highest BCUT2D eigenvalue weighted by molar-refractivity contribution is 5.98. The number of benzene rings is 1. The first-order valence-electron chi connectivity index (χ1n) is 6.37. The van der Waals surface area contributed by atoms with Gasteiger partial charge in [-0.05, 0) is 24.6 Å². The minimum absolute atomic E-state index is 0.0463. The smallest absolute Gasteiger partial charge is 0.188 e. The van der Waals surface area contributed by atoms with Crippen LogP contribution < -0.4 is 0 Å². The molecule has 5 heteroatoms. The van der Waals surface area contributed by atoms with Gasteiger partial charge in [0.05, 0.1) is 11.9 Å². The molecule has 5 nitrogen and oxygen atoms in total. The number of carbonyl (C=O) groups is 1. The summed E-state index contributed by atoms with van der Waals surface area (Å²) in [4.78, 5) is 20.8. The Kier molecular flexibility index (Phi) is 3.02. The van der Waals surface area contributed by atoms with Crippen LogP contribution in [0.3, 0.4) is 0 Å². The normalized spacial score (nSPS) is 10.9. The Bertz CT molecular complexity index is 791. The number of hydrogen-bond donors (Lipinski definition) is 0. The molecule has 0 saturated heterocycles. The zero-order chi connectivity index (χ0) is 14.1. The summed E-state index contributed by atoms with van der Waals surface area (Å²) in [5.41, 5.74) is 2.37. The molecule has 0 unspecified atom stereocenters. The summed E-state index contributed by atoms with van der Waals surface area (Å²) in [7, 11) is 1.77. The van der Waals surface area contributed by atoms with Crippen molar-refractivity contribution in [1.29, 1.82) is 0 Å². The highest BCUT2D eigenvalue weighted by atomic mass is 16.1. The van der Waals surface area contributed by atoms with Crippen LogP contribution in [0.4, 0.5) is 0 Å². The molecule has 0 radical (unpaired) electrons. The standard InChI is InChI=1S/C15H14N4O/c1-10-7-13(18-12-6-4-3-5-11(10)12)14(20)8-15-16-9-17-19(15)2/h3-7,9H,8H2,1-2H3. The third-order valence-electron chi connectivity index (χ3n) is 3.33. The van der Waals surface area contributed by atoms with Crippen molar-refractivity contribution in [1.82, 2.24) is 19.7 Å². The van der Waals surface area contributed by atoms with Crippen molar-refractivity contribution in [2.45, 2.75) is 13.3 Å². The van der Waals surface area contributed by atoms with Crippen LogP contribution in [0, 0.1) is 6.92 Å². The molecule has 0 bridgehead atoms. The second-order valence-electron chi connectivity index (χ2n) is 4.74. The summed E-state index contributed by atoms with van der Waals surface area (Å²) >= 11 is 0. The molecular weight excluding hydrogens is 252 g/mol. The molecule has 0 fully saturated rings. The summed E-state index contributed by atoms with van der Waals surface area (Å²) < 4.78 is 1.60. The third-order valence-corrected chi connectivity index (χ3v) is 3.33. The molecule has 0 saturated carbocycles. The number of aromatic nitrogens is 4. The quantitative estimate of drug-likeness (QED) is 0.681. The summed E-state index contributed by atoms with van der Waals surface area (Å²) in [5.74, 6) is 0.595. The first-order chi connectivity index (χ1) is 9.65. The van der Waals surface area contributed by atoms with Crippen LogP contribution in [-0.4, -0.2) is 25.5 Å². The van der Waals surface area contributed by atoms with Gasteiger partial charge in [-0.25, -0.2) is 9.97 Å². The summed E-state index contributed by atoms with van der Waals surface area (Å²) in [5, 5.41) is 5.04. The molecule has 0 atom stereocenters. The fraction of sp³-hybridized carbons (Fsp3) is 0.200. The van der Waals surface area contributed by atoms with Gasteiger partial charge in [0, 0.05) is 12.4 Å². The highest BCUT2D eigenvalue weighted by Gasteiger charge is 2.13. The lowest BCUT2D eigenvalue weighted by Crippen LogP contribution is -2.11. The third kappa shape index (κ3) is 2.18. The van der Waals surface area contributed by atoms with Crippen molar-refractivity contribution < 1.29 is 4.79 Å². The second-order valence-corrected chi connectivity index (χ2v) is 4.74. The van der Waals surface area contributed by atoms with Crippen molar-refractivity contribution in [3.8, 4) is 0 Å². The Labute approximate surface area is 116 Å². The molecule has 100 valence electrons. The largest absolute Gasteiger partial charge is 0.292 e. The maximum atomic E-state index is 12.3. The predicted octanol–water partition coefficient (Wildman–Crippen LogP) is 2.10. The monoisotopic (exact) mass is 266 g/mol. The van der Waals surface area contributed by atoms with Crippen molar-refractivity contribution in [3.63, 3.8) is 0 Å². The van der Waals surface area contributed by atoms with Crippen molar-refractivity contribution in [3.05, 3.63) is 53.7 Å². The van der Waals surface area contributed by atoms with E-state index in [4.69, 9.17) is 0 Å². The fourth-order valence-corrected chi connectivity index (χ4v) is 2.21. The Balaban J connectivity index is 1.98. The van der Waals surface area contributed by atoms with Gasteiger partial charge >= 0.3 is 0 Å². The number of carbonyl (C=O) groups excluding carboxylic acids is 1. The van der Waals surface area contributed by atoms with E-state index in [0.29, 0.717) is 11.5 Å². The number of hydrogen-bond acceptors (Lipinski definition) is 4. The molecule has 0 spiro atoms. The molecule has 0 N–H and O–H groups in total. The summed E-state index contributed by atoms with van der Waals surface area (Å²) in [6.45, 7) is 1.99. The van der Waals surface area contributed by atoms with Crippen LogP contribution in [0.5, 0.6) is 0 Å². The van der Waals surface area contributed by atoms with E-state index < -0.39 is 0 Å². The van der Waals surface area contributed by atoms with Gasteiger partial charge in [-0.15, -0.1) is 0 Å². The lowest BCUT2D eigenvalue weighted by atomic mass is 10.1. The molecule has 1 aromatic carbocycles. The highest BCUT2D eigenvalue weighted by Crippen LogP contribution is 2.18. The van der Waals surface area contributed by atoms with E-state index in [-0.39, 0.29) is 12.2 Å². The molecule has 2 heterocycles. The van der Waals surface area contributed by atoms with E-state index in [1.54, 1.807) is 11.7 Å². The van der Waals surface area contributed by atoms with Crippen molar-refractivity contribution >= 4 is 16.7 Å². The second kappa shape index (κ2) is 4.85. The van der Waals surface area contributed by atoms with Crippen molar-refractivity contribution in [2.75, 3.05) is 0 Å². The zero-order valence-electron chi connectivity index (χ0n) is 11.4. The molecule has 2 aromatic heterocycles. The number of pyridine rings is 1. The van der Waals surface area contributed by atoms with Gasteiger partial charge in [-0.2, -0.15) is 5.10 Å². The molecule has 20 heavy (non-hydrogen) atoms. The summed E-state index contributed by atoms with van der Waals surface area (Å²) in [6.07, 6.45) is 1.66. The van der Waals surface area contributed by atoms with Crippen LogP contribution in [0.25, 0.3) is 10.9 Å². The maximum absolute atomic E-state index is 12.3. The maximum Gasteiger partial charge on any atom is 0.188 e. The zero-order valence-corrected chi connectivity index (χ0v) is 11.4. The van der Waals surface area contributed by atoms with E-state index in [0.717, 1.165) is 16.5 Å². The van der Waals surface area contributed by atoms with Crippen LogP contribution in [0.2, 0.25) is 0 Å². The number of ketones is 1. The Hall–Kier alpha value is -2.56. The fourth-order valence-electron chi connectivity index (χ4n) is 2.21. The van der Waals surface area contributed by atoms with E-state index in [1.165, 1.54) is 6.33 Å². The van der Waals surface area contributed by atoms with E-state index >= 15 is 0 Å². The van der Waals surface area contributed by atoms with Gasteiger partial charge in [0.15, 0.2) is 5.78 Å². The molecular formula is C15H14N4O. The predicted molar refractivity (Wildman–Crippen MR) is 75.5 cm³/mol. The molecule has 3 rings (SSSR count). The number of nitrogens with zero attached hydrogens (tertiary/aromatic N) is 4. The Morgan fingerprint density at radius 2 is 2.10 bits per heavy atom. The van der Waals surface area contributed by atoms with Crippen LogP contribution >= 0.6 is 0 Å². The number of fused-ring (bicyclic) bond motifs is 1. The summed E-state index contributed by atoms with van der Waals surface area (Å²) in [6, 6.07) is 9.65. The molecule has 0 aliphatic carbocycles. The van der Waals surface area contributed by atoms with Crippen LogP contribution in [0.15, 0.2) is 36.7 Å². The topological polar surface area (TPSA) is 60.7 Å². The molecule has 0 aliphatic heterocycles. The molecule has 0 aliphatic rings. The number of Topliss-reactive ketones (excluding diaryl/α,β-unsaturated/α-hetero) is 1. The minimum Gasteiger partial charge on any atom is -0.292 e. The first kappa shape index (κ1) is 12.5. The molecule has 3 aromatic rings. The van der Waals surface area contributed by atoms with Crippen molar-refractivity contribution in [2.24, 2.45) is 7.05 Å². The van der Waals surface area contributed by atoms with Crippen LogP contribution in [-0.2, 0) is 13.5 Å². The number of para-hydroxylation sites is 1. The lowest BCUT2D eigenvalue weighted by Gasteiger charge is -2.05. The van der Waals surface area contributed by atoms with Gasteiger partial charge in [-0.3, -0.25) is 9.48 Å². The number of aryl methyl sites for hydroxylation is 2. The Morgan fingerprint density at radius 3 is 2.85 bits per heavy atom. The van der Waals surface area contributed by atoms with Gasteiger partial charge in [0.1, 0.15) is 17.8 Å². The number of rotatable bonds is 3. The van der Waals surface area contributed by atoms with E-state index in [9.17, 15) is 4.79 Å². The van der Waals surface area contributed by atoms with E-state index in [1.807, 2.05) is 37.3 Å². The average Bonchev–Trinajstić information content (AvgIpc) is 2.84. The van der Waals surface area contributed by atoms with Gasteiger partial charge in [0.25, 0.3) is 0 Å². The lowest BCUT2D eigenvalue weighted by molar-refractivity contribution is 0.0985. The van der Waals surface area contributed by atoms with Crippen LogP contribution in [0.1, 0.15) is 21.9 Å². The first-order valence-corrected chi connectivity index (χ1v) is 6.37. The van der Waals surface area contributed by atoms with Gasteiger partial charge < -0.3 is 0 Å². The minimum atomic E-state index is -0.0463.